The number of esters is 1. The topological polar surface area (TPSA) is 38.3 Å². The SMILES string of the molecule is COC(=O)C(NCc1ccsc1)c1ccsc1. The van der Waals surface area contributed by atoms with Crippen LogP contribution in [0.4, 0.5) is 0 Å². The lowest BCUT2D eigenvalue weighted by Gasteiger charge is -2.14. The summed E-state index contributed by atoms with van der Waals surface area (Å²) >= 11 is 3.22. The molecule has 2 heterocycles. The van der Waals surface area contributed by atoms with Crippen LogP contribution in [-0.4, -0.2) is 13.1 Å². The van der Waals surface area contributed by atoms with E-state index < -0.39 is 0 Å². The second kappa shape index (κ2) is 5.95. The number of hydrogen-bond acceptors (Lipinski definition) is 5. The maximum atomic E-state index is 11.7. The minimum absolute atomic E-state index is 0.251. The molecule has 5 heteroatoms. The van der Waals surface area contributed by atoms with Crippen molar-refractivity contribution in [3.63, 3.8) is 0 Å². The Morgan fingerprint density at radius 1 is 1.35 bits per heavy atom. The van der Waals surface area contributed by atoms with E-state index in [9.17, 15) is 4.79 Å². The molecule has 0 fully saturated rings. The maximum absolute atomic E-state index is 11.7. The highest BCUT2D eigenvalue weighted by molar-refractivity contribution is 7.08. The smallest absolute Gasteiger partial charge is 0.327 e. The fourth-order valence-electron chi connectivity index (χ4n) is 1.51. The third-order valence-electron chi connectivity index (χ3n) is 2.40. The predicted molar refractivity (Wildman–Crippen MR) is 70.2 cm³/mol. The molecule has 0 aromatic carbocycles. The molecule has 0 saturated heterocycles. The van der Waals surface area contributed by atoms with Gasteiger partial charge in [0.1, 0.15) is 6.04 Å². The summed E-state index contributed by atoms with van der Waals surface area (Å²) in [6.45, 7) is 0.666. The first-order valence-corrected chi connectivity index (χ1v) is 7.04. The minimum atomic E-state index is -0.383. The van der Waals surface area contributed by atoms with Gasteiger partial charge in [-0.3, -0.25) is 5.32 Å². The molecule has 0 amide bonds. The first-order valence-electron chi connectivity index (χ1n) is 5.15. The minimum Gasteiger partial charge on any atom is -0.468 e. The summed E-state index contributed by atoms with van der Waals surface area (Å²) in [5.74, 6) is -0.251. The van der Waals surface area contributed by atoms with E-state index in [4.69, 9.17) is 4.74 Å². The van der Waals surface area contributed by atoms with E-state index in [0.717, 1.165) is 5.56 Å². The lowest BCUT2D eigenvalue weighted by atomic mass is 10.1. The van der Waals surface area contributed by atoms with Crippen LogP contribution < -0.4 is 5.32 Å². The van der Waals surface area contributed by atoms with Crippen LogP contribution in [0.25, 0.3) is 0 Å². The Kier molecular flexibility index (Phi) is 4.30. The number of hydrogen-bond donors (Lipinski definition) is 1. The van der Waals surface area contributed by atoms with E-state index >= 15 is 0 Å². The summed E-state index contributed by atoms with van der Waals surface area (Å²) < 4.78 is 4.81. The van der Waals surface area contributed by atoms with Gasteiger partial charge < -0.3 is 4.74 Å². The molecule has 1 atom stereocenters. The van der Waals surface area contributed by atoms with Crippen molar-refractivity contribution in [1.82, 2.24) is 5.32 Å². The zero-order valence-corrected chi connectivity index (χ0v) is 11.0. The van der Waals surface area contributed by atoms with Gasteiger partial charge in [0.05, 0.1) is 7.11 Å². The van der Waals surface area contributed by atoms with Gasteiger partial charge in [0.25, 0.3) is 0 Å². The summed E-state index contributed by atoms with van der Waals surface area (Å²) in [4.78, 5) is 11.7. The van der Waals surface area contributed by atoms with E-state index in [0.29, 0.717) is 6.54 Å². The van der Waals surface area contributed by atoms with Crippen molar-refractivity contribution in [2.75, 3.05) is 7.11 Å². The van der Waals surface area contributed by atoms with Crippen LogP contribution in [0.15, 0.2) is 33.7 Å². The molecule has 2 aromatic heterocycles. The molecule has 90 valence electrons. The molecule has 0 aliphatic carbocycles. The highest BCUT2D eigenvalue weighted by Gasteiger charge is 2.20. The number of carbonyl (C=O) groups excluding carboxylic acids is 1. The summed E-state index contributed by atoms with van der Waals surface area (Å²) in [5.41, 5.74) is 2.14. The maximum Gasteiger partial charge on any atom is 0.327 e. The van der Waals surface area contributed by atoms with Crippen molar-refractivity contribution in [3.8, 4) is 0 Å². The summed E-state index contributed by atoms with van der Waals surface area (Å²) in [7, 11) is 1.41. The Morgan fingerprint density at radius 3 is 2.71 bits per heavy atom. The fraction of sp³-hybridized carbons (Fsp3) is 0.250. The van der Waals surface area contributed by atoms with Crippen LogP contribution in [0.5, 0.6) is 0 Å². The normalized spacial score (nSPS) is 12.3. The summed E-state index contributed by atoms with van der Waals surface area (Å²) in [6, 6.07) is 3.60. The molecule has 0 radical (unpaired) electrons. The molecule has 2 aromatic rings. The van der Waals surface area contributed by atoms with Crippen molar-refractivity contribution in [3.05, 3.63) is 44.8 Å². The van der Waals surface area contributed by atoms with Gasteiger partial charge in [0.2, 0.25) is 0 Å². The lowest BCUT2D eigenvalue weighted by molar-refractivity contribution is -0.143. The molecular formula is C12H13NO2S2. The van der Waals surface area contributed by atoms with Crippen LogP contribution in [-0.2, 0) is 16.1 Å². The number of methoxy groups -OCH3 is 1. The molecule has 0 spiro atoms. The first-order chi connectivity index (χ1) is 8.31. The van der Waals surface area contributed by atoms with E-state index in [1.54, 1.807) is 22.7 Å². The molecule has 2 rings (SSSR count). The van der Waals surface area contributed by atoms with Crippen molar-refractivity contribution in [2.24, 2.45) is 0 Å². The third-order valence-corrected chi connectivity index (χ3v) is 3.84. The Morgan fingerprint density at radius 2 is 2.12 bits per heavy atom. The van der Waals surface area contributed by atoms with Crippen LogP contribution in [0.2, 0.25) is 0 Å². The number of carbonyl (C=O) groups is 1. The average Bonchev–Trinajstić information content (AvgIpc) is 3.01. The van der Waals surface area contributed by atoms with Crippen LogP contribution >= 0.6 is 22.7 Å². The van der Waals surface area contributed by atoms with Gasteiger partial charge in [-0.15, -0.1) is 0 Å². The van der Waals surface area contributed by atoms with Gasteiger partial charge in [-0.05, 0) is 44.8 Å². The molecule has 0 bridgehead atoms. The lowest BCUT2D eigenvalue weighted by Crippen LogP contribution is -2.28. The van der Waals surface area contributed by atoms with Gasteiger partial charge in [-0.25, -0.2) is 4.79 Å². The van der Waals surface area contributed by atoms with E-state index in [1.807, 2.05) is 28.3 Å². The van der Waals surface area contributed by atoms with E-state index in [-0.39, 0.29) is 12.0 Å². The van der Waals surface area contributed by atoms with Gasteiger partial charge in [0, 0.05) is 6.54 Å². The molecule has 3 nitrogen and oxygen atoms in total. The van der Waals surface area contributed by atoms with Gasteiger partial charge >= 0.3 is 5.97 Å². The predicted octanol–water partition coefficient (Wildman–Crippen LogP) is 2.81. The highest BCUT2D eigenvalue weighted by Crippen LogP contribution is 2.18. The Bertz CT molecular complexity index is 451. The van der Waals surface area contributed by atoms with E-state index in [1.165, 1.54) is 12.7 Å². The monoisotopic (exact) mass is 267 g/mol. The van der Waals surface area contributed by atoms with Gasteiger partial charge in [-0.2, -0.15) is 22.7 Å². The van der Waals surface area contributed by atoms with Crippen molar-refractivity contribution in [2.45, 2.75) is 12.6 Å². The molecule has 0 aliphatic rings. The molecule has 17 heavy (non-hydrogen) atoms. The first kappa shape index (κ1) is 12.3. The third kappa shape index (κ3) is 3.15. The van der Waals surface area contributed by atoms with Gasteiger partial charge in [-0.1, -0.05) is 0 Å². The zero-order valence-electron chi connectivity index (χ0n) is 9.38. The molecular weight excluding hydrogens is 254 g/mol. The molecule has 1 unspecified atom stereocenters. The Labute approximate surface area is 108 Å². The van der Waals surface area contributed by atoms with Crippen molar-refractivity contribution in [1.29, 1.82) is 0 Å². The van der Waals surface area contributed by atoms with Crippen LogP contribution in [0, 0.1) is 0 Å². The second-order valence-electron chi connectivity index (χ2n) is 3.53. The molecule has 1 N–H and O–H groups in total. The fourth-order valence-corrected chi connectivity index (χ4v) is 2.86. The largest absolute Gasteiger partial charge is 0.468 e. The average molecular weight is 267 g/mol. The molecule has 0 aliphatic heterocycles. The van der Waals surface area contributed by atoms with Crippen molar-refractivity contribution >= 4 is 28.6 Å². The number of nitrogens with one attached hydrogen (secondary N) is 1. The quantitative estimate of drug-likeness (QED) is 0.847. The van der Waals surface area contributed by atoms with Crippen molar-refractivity contribution < 1.29 is 9.53 Å². The van der Waals surface area contributed by atoms with Crippen LogP contribution in [0.1, 0.15) is 17.2 Å². The standard InChI is InChI=1S/C12H13NO2S2/c1-15-12(14)11(10-3-5-17-8-10)13-6-9-2-4-16-7-9/h2-5,7-8,11,13H,6H2,1H3. The van der Waals surface area contributed by atoms with Gasteiger partial charge in [0.15, 0.2) is 0 Å². The summed E-state index contributed by atoms with van der Waals surface area (Å²) in [5, 5.41) is 11.2. The number of thiophene rings is 2. The zero-order chi connectivity index (χ0) is 12.1. The second-order valence-corrected chi connectivity index (χ2v) is 5.09. The number of rotatable bonds is 5. The Balaban J connectivity index is 2.04. The number of ether oxygens (including phenoxy) is 1. The molecule has 0 saturated carbocycles. The Hall–Kier alpha value is -1.17. The highest BCUT2D eigenvalue weighted by atomic mass is 32.1. The van der Waals surface area contributed by atoms with Crippen LogP contribution in [0.3, 0.4) is 0 Å². The van der Waals surface area contributed by atoms with E-state index in [2.05, 4.69) is 10.7 Å². The summed E-state index contributed by atoms with van der Waals surface area (Å²) in [6.07, 6.45) is 0.